The van der Waals surface area contributed by atoms with Crippen LogP contribution in [0, 0.1) is 5.41 Å². The summed E-state index contributed by atoms with van der Waals surface area (Å²) in [6.45, 7) is 4.45. The highest BCUT2D eigenvalue weighted by Gasteiger charge is 2.39. The Labute approximate surface area is 101 Å². The fourth-order valence-corrected chi connectivity index (χ4v) is 3.86. The maximum atomic E-state index is 10.6. The Hall–Kier alpha value is -0.480. The van der Waals surface area contributed by atoms with E-state index in [0.717, 1.165) is 23.6 Å². The van der Waals surface area contributed by atoms with Gasteiger partial charge in [0.05, 0.1) is 11.3 Å². The van der Waals surface area contributed by atoms with Gasteiger partial charge >= 0.3 is 0 Å². The minimum absolute atomic E-state index is 0.229. The molecule has 0 aromatic carbocycles. The molecular weight excluding hydrogens is 220 g/mol. The Bertz CT molecular complexity index is 375. The number of hydrogen-bond donors (Lipinski definition) is 1. The van der Waals surface area contributed by atoms with E-state index >= 15 is 0 Å². The van der Waals surface area contributed by atoms with Gasteiger partial charge in [-0.05, 0) is 23.7 Å². The fraction of sp³-hybridized carbons (Fsp3) is 0.750. The minimum atomic E-state index is -0.583. The van der Waals surface area contributed by atoms with E-state index in [0.29, 0.717) is 6.42 Å². The summed E-state index contributed by atoms with van der Waals surface area (Å²) in [7, 11) is 1.91. The zero-order chi connectivity index (χ0) is 11.8. The van der Waals surface area contributed by atoms with Crippen molar-refractivity contribution >= 4 is 11.8 Å². The summed E-state index contributed by atoms with van der Waals surface area (Å²) in [6, 6.07) is 1.99. The Balaban J connectivity index is 2.07. The van der Waals surface area contributed by atoms with Crippen LogP contribution >= 0.6 is 11.8 Å². The molecular formula is C12H20N2OS. The van der Waals surface area contributed by atoms with Crippen molar-refractivity contribution < 1.29 is 5.11 Å². The van der Waals surface area contributed by atoms with Gasteiger partial charge in [-0.2, -0.15) is 16.9 Å². The van der Waals surface area contributed by atoms with Crippen molar-refractivity contribution in [2.24, 2.45) is 12.5 Å². The number of nitrogens with zero attached hydrogens (tertiary/aromatic N) is 2. The number of aliphatic hydroxyl groups is 1. The van der Waals surface area contributed by atoms with Gasteiger partial charge in [0.1, 0.15) is 0 Å². The smallest absolute Gasteiger partial charge is 0.0799 e. The molecule has 1 fully saturated rings. The second-order valence-corrected chi connectivity index (χ2v) is 6.70. The van der Waals surface area contributed by atoms with Crippen LogP contribution in [-0.2, 0) is 13.5 Å². The Kier molecular flexibility index (Phi) is 3.05. The average Bonchev–Trinajstić information content (AvgIpc) is 2.47. The van der Waals surface area contributed by atoms with Gasteiger partial charge in [0, 0.05) is 25.4 Å². The number of rotatable bonds is 2. The molecule has 1 aromatic rings. The van der Waals surface area contributed by atoms with Crippen molar-refractivity contribution in [1.82, 2.24) is 9.78 Å². The van der Waals surface area contributed by atoms with Gasteiger partial charge in [-0.1, -0.05) is 13.8 Å². The van der Waals surface area contributed by atoms with E-state index in [9.17, 15) is 5.11 Å². The molecule has 1 aromatic heterocycles. The molecule has 2 rings (SSSR count). The fourth-order valence-electron chi connectivity index (χ4n) is 2.52. The van der Waals surface area contributed by atoms with Gasteiger partial charge in [0.15, 0.2) is 0 Å². The zero-order valence-corrected chi connectivity index (χ0v) is 11.0. The molecule has 4 heteroatoms. The van der Waals surface area contributed by atoms with E-state index in [4.69, 9.17) is 0 Å². The predicted molar refractivity (Wildman–Crippen MR) is 67.6 cm³/mol. The van der Waals surface area contributed by atoms with Crippen LogP contribution in [-0.4, -0.2) is 32.0 Å². The first-order valence-electron chi connectivity index (χ1n) is 5.67. The van der Waals surface area contributed by atoms with Crippen LogP contribution < -0.4 is 0 Å². The summed E-state index contributed by atoms with van der Waals surface area (Å²) in [5, 5.41) is 14.9. The zero-order valence-electron chi connectivity index (χ0n) is 10.2. The van der Waals surface area contributed by atoms with Crippen LogP contribution in [0.5, 0.6) is 0 Å². The lowest BCUT2D eigenvalue weighted by atomic mass is 9.80. The summed E-state index contributed by atoms with van der Waals surface area (Å²) < 4.78 is 1.79. The van der Waals surface area contributed by atoms with E-state index < -0.39 is 5.60 Å². The predicted octanol–water partition coefficient (Wildman–Crippen LogP) is 1.86. The Morgan fingerprint density at radius 1 is 1.50 bits per heavy atom. The number of aryl methyl sites for hydroxylation is 1. The van der Waals surface area contributed by atoms with Crippen molar-refractivity contribution in [3.8, 4) is 0 Å². The number of hydrogen-bond acceptors (Lipinski definition) is 3. The van der Waals surface area contributed by atoms with E-state index in [1.807, 2.05) is 31.1 Å². The highest BCUT2D eigenvalue weighted by molar-refractivity contribution is 7.99. The average molecular weight is 240 g/mol. The monoisotopic (exact) mass is 240 g/mol. The molecule has 1 atom stereocenters. The standard InChI is InChI=1S/C12H20N2OS/c1-11(2)7-12(15,9-16-8-11)6-10-4-5-14(3)13-10/h4-5,15H,6-9H2,1-3H3. The highest BCUT2D eigenvalue weighted by atomic mass is 32.2. The topological polar surface area (TPSA) is 38.0 Å². The molecule has 90 valence electrons. The molecule has 0 amide bonds. The summed E-state index contributed by atoms with van der Waals surface area (Å²) in [5.74, 6) is 1.96. The van der Waals surface area contributed by atoms with Crippen molar-refractivity contribution in [2.45, 2.75) is 32.3 Å². The second-order valence-electron chi connectivity index (χ2n) is 5.72. The van der Waals surface area contributed by atoms with Crippen molar-refractivity contribution in [3.05, 3.63) is 18.0 Å². The van der Waals surface area contributed by atoms with Crippen LogP contribution in [0.15, 0.2) is 12.3 Å². The van der Waals surface area contributed by atoms with E-state index in [1.54, 1.807) is 4.68 Å². The summed E-state index contributed by atoms with van der Waals surface area (Å²) in [4.78, 5) is 0. The van der Waals surface area contributed by atoms with Crippen LogP contribution in [0.25, 0.3) is 0 Å². The largest absolute Gasteiger partial charge is 0.389 e. The molecule has 16 heavy (non-hydrogen) atoms. The van der Waals surface area contributed by atoms with Gasteiger partial charge in [-0.3, -0.25) is 4.68 Å². The molecule has 1 aliphatic heterocycles. The maximum Gasteiger partial charge on any atom is 0.0799 e. The molecule has 0 saturated carbocycles. The lowest BCUT2D eigenvalue weighted by Crippen LogP contribution is -2.44. The molecule has 1 unspecified atom stereocenters. The van der Waals surface area contributed by atoms with E-state index in [1.165, 1.54) is 0 Å². The molecule has 1 saturated heterocycles. The normalized spacial score (nSPS) is 29.2. The molecule has 3 nitrogen and oxygen atoms in total. The number of aromatic nitrogens is 2. The SMILES string of the molecule is Cn1ccc(CC2(O)CSCC(C)(C)C2)n1. The summed E-state index contributed by atoms with van der Waals surface area (Å²) in [6.07, 6.45) is 3.47. The third kappa shape index (κ3) is 2.80. The van der Waals surface area contributed by atoms with Gasteiger partial charge in [0.25, 0.3) is 0 Å². The van der Waals surface area contributed by atoms with Crippen LogP contribution in [0.1, 0.15) is 26.0 Å². The Morgan fingerprint density at radius 3 is 2.81 bits per heavy atom. The van der Waals surface area contributed by atoms with Crippen LogP contribution in [0.2, 0.25) is 0 Å². The molecule has 1 N–H and O–H groups in total. The molecule has 0 radical (unpaired) electrons. The van der Waals surface area contributed by atoms with Crippen molar-refractivity contribution in [3.63, 3.8) is 0 Å². The Morgan fingerprint density at radius 2 is 2.25 bits per heavy atom. The minimum Gasteiger partial charge on any atom is -0.389 e. The quantitative estimate of drug-likeness (QED) is 0.857. The van der Waals surface area contributed by atoms with Crippen LogP contribution in [0.3, 0.4) is 0 Å². The van der Waals surface area contributed by atoms with Gasteiger partial charge < -0.3 is 5.11 Å². The van der Waals surface area contributed by atoms with Crippen LogP contribution in [0.4, 0.5) is 0 Å². The van der Waals surface area contributed by atoms with E-state index in [-0.39, 0.29) is 5.41 Å². The maximum absolute atomic E-state index is 10.6. The van der Waals surface area contributed by atoms with E-state index in [2.05, 4.69) is 18.9 Å². The van der Waals surface area contributed by atoms with Crippen molar-refractivity contribution in [1.29, 1.82) is 0 Å². The summed E-state index contributed by atoms with van der Waals surface area (Å²) in [5.41, 5.74) is 0.635. The molecule has 0 aliphatic carbocycles. The second kappa shape index (κ2) is 4.08. The molecule has 1 aliphatic rings. The summed E-state index contributed by atoms with van der Waals surface area (Å²) >= 11 is 1.85. The third-order valence-corrected chi connectivity index (χ3v) is 4.68. The highest BCUT2D eigenvalue weighted by Crippen LogP contribution is 2.40. The lowest BCUT2D eigenvalue weighted by Gasteiger charge is -2.40. The van der Waals surface area contributed by atoms with Crippen molar-refractivity contribution in [2.75, 3.05) is 11.5 Å². The van der Waals surface area contributed by atoms with Gasteiger partial charge in [-0.15, -0.1) is 0 Å². The van der Waals surface area contributed by atoms with Gasteiger partial charge in [0.2, 0.25) is 0 Å². The lowest BCUT2D eigenvalue weighted by molar-refractivity contribution is 0.0191. The molecule has 0 bridgehead atoms. The molecule has 0 spiro atoms. The first-order chi connectivity index (χ1) is 7.39. The first kappa shape index (κ1) is 12.0. The van der Waals surface area contributed by atoms with Gasteiger partial charge in [-0.25, -0.2) is 0 Å². The number of thioether (sulfide) groups is 1. The first-order valence-corrected chi connectivity index (χ1v) is 6.83. The molecule has 2 heterocycles. The third-order valence-electron chi connectivity index (χ3n) is 2.95.